The van der Waals surface area contributed by atoms with Crippen LogP contribution in [0.25, 0.3) is 105 Å². The molecular formula is C65H45NO. The van der Waals surface area contributed by atoms with E-state index in [2.05, 4.69) is 248 Å². The Labute approximate surface area is 390 Å². The number of hydrogen-bond acceptors (Lipinski definition) is 1. The number of hydrogen-bond donors (Lipinski definition) is 0. The van der Waals surface area contributed by atoms with Gasteiger partial charge in [0.15, 0.2) is 0 Å². The zero-order valence-corrected chi connectivity index (χ0v) is 36.9. The lowest BCUT2D eigenvalue weighted by Crippen LogP contribution is -2.02. The topological polar surface area (TPSA) is 18.1 Å². The first-order valence-corrected chi connectivity index (χ1v) is 23.0. The lowest BCUT2D eigenvalue weighted by molar-refractivity contribution is 0.670. The van der Waals surface area contributed by atoms with Crippen molar-refractivity contribution < 1.29 is 4.42 Å². The van der Waals surface area contributed by atoms with Crippen LogP contribution in [-0.4, -0.2) is 4.57 Å². The zero-order valence-electron chi connectivity index (χ0n) is 36.9. The maximum atomic E-state index is 6.49. The molecule has 0 saturated carbocycles. The van der Waals surface area contributed by atoms with Crippen LogP contribution < -0.4 is 0 Å². The minimum Gasteiger partial charge on any atom is -0.455 e. The lowest BCUT2D eigenvalue weighted by Gasteiger charge is -2.21. The van der Waals surface area contributed by atoms with Gasteiger partial charge in [0.05, 0.1) is 11.0 Å². The van der Waals surface area contributed by atoms with Gasteiger partial charge in [0, 0.05) is 38.7 Å². The molecule has 2 aromatic heterocycles. The molecule has 0 spiro atoms. The highest BCUT2D eigenvalue weighted by molar-refractivity contribution is 6.11. The minimum atomic E-state index is -0.0577. The maximum absolute atomic E-state index is 6.49. The molecular weight excluding hydrogens is 811 g/mol. The van der Waals surface area contributed by atoms with Gasteiger partial charge >= 0.3 is 0 Å². The Morgan fingerprint density at radius 3 is 1.73 bits per heavy atom. The van der Waals surface area contributed by atoms with E-state index in [1.54, 1.807) is 0 Å². The van der Waals surface area contributed by atoms with Gasteiger partial charge in [-0.3, -0.25) is 0 Å². The summed E-state index contributed by atoms with van der Waals surface area (Å²) in [5.74, 6) is -0.0577. The summed E-state index contributed by atoms with van der Waals surface area (Å²) in [4.78, 5) is 0. The van der Waals surface area contributed by atoms with E-state index in [4.69, 9.17) is 4.42 Å². The zero-order chi connectivity index (χ0) is 44.7. The summed E-state index contributed by atoms with van der Waals surface area (Å²) in [5, 5.41) is 4.74. The number of aromatic nitrogens is 1. The van der Waals surface area contributed by atoms with Gasteiger partial charge in [0.2, 0.25) is 0 Å². The van der Waals surface area contributed by atoms with Crippen molar-refractivity contribution in [2.45, 2.75) is 5.92 Å². The molecule has 0 N–H and O–H groups in total. The van der Waals surface area contributed by atoms with Crippen LogP contribution in [-0.2, 0) is 0 Å². The standard InChI is InChI=1S/C65H45NO/c1-2-3-22-54(52-19-14-18-49(41-52)46-31-29-45(30-32-46)44-16-6-4-7-17-44)56-39-37-50(51-38-40-58-57-23-10-12-27-62(57)66(63(58)43-51)53-20-8-5-9-21-53)42-61(56)48-35-33-47(34-36-48)55-25-15-26-60-59-24-11-13-28-64(59)67-65(55)60/h2-43,54H,1H2/b22-3-. The second-order valence-electron chi connectivity index (χ2n) is 17.2. The van der Waals surface area contributed by atoms with E-state index in [-0.39, 0.29) is 5.92 Å². The predicted molar refractivity (Wildman–Crippen MR) is 283 cm³/mol. The van der Waals surface area contributed by atoms with Crippen LogP contribution in [0.4, 0.5) is 0 Å². The van der Waals surface area contributed by atoms with Gasteiger partial charge in [-0.1, -0.05) is 225 Å². The number of fused-ring (bicyclic) bond motifs is 6. The Morgan fingerprint density at radius 1 is 0.388 bits per heavy atom. The molecule has 10 aromatic carbocycles. The Kier molecular flexibility index (Phi) is 10.1. The Hall–Kier alpha value is -8.72. The molecule has 0 saturated heterocycles. The molecule has 67 heavy (non-hydrogen) atoms. The van der Waals surface area contributed by atoms with Crippen LogP contribution in [0.15, 0.2) is 266 Å². The van der Waals surface area contributed by atoms with Crippen LogP contribution >= 0.6 is 0 Å². The molecule has 0 radical (unpaired) electrons. The van der Waals surface area contributed by atoms with Gasteiger partial charge in [0.25, 0.3) is 0 Å². The monoisotopic (exact) mass is 855 g/mol. The molecule has 2 nitrogen and oxygen atoms in total. The summed E-state index contributed by atoms with van der Waals surface area (Å²) < 4.78 is 8.88. The van der Waals surface area contributed by atoms with Crippen LogP contribution in [0.5, 0.6) is 0 Å². The van der Waals surface area contributed by atoms with E-state index in [1.165, 1.54) is 60.8 Å². The number of allylic oxidation sites excluding steroid dienone is 3. The number of rotatable bonds is 10. The summed E-state index contributed by atoms with van der Waals surface area (Å²) in [6.07, 6.45) is 6.24. The highest BCUT2D eigenvalue weighted by atomic mass is 16.3. The molecule has 2 heterocycles. The lowest BCUT2D eigenvalue weighted by atomic mass is 9.83. The van der Waals surface area contributed by atoms with Crippen molar-refractivity contribution in [1.82, 2.24) is 4.57 Å². The maximum Gasteiger partial charge on any atom is 0.143 e. The normalized spacial score (nSPS) is 12.1. The fourth-order valence-electron chi connectivity index (χ4n) is 10.0. The fraction of sp³-hybridized carbons (Fsp3) is 0.0154. The third-order valence-electron chi connectivity index (χ3n) is 13.3. The number of furan rings is 1. The molecule has 316 valence electrons. The van der Waals surface area contributed by atoms with E-state index >= 15 is 0 Å². The summed E-state index contributed by atoms with van der Waals surface area (Å²) >= 11 is 0. The number of nitrogens with zero attached hydrogens (tertiary/aromatic N) is 1. The number of benzene rings is 10. The quantitative estimate of drug-likeness (QED) is 0.125. The van der Waals surface area contributed by atoms with Crippen molar-refractivity contribution in [3.05, 3.63) is 273 Å². The van der Waals surface area contributed by atoms with Gasteiger partial charge in [-0.05, 0) is 97.6 Å². The van der Waals surface area contributed by atoms with Crippen LogP contribution in [0, 0.1) is 0 Å². The molecule has 0 aliphatic rings. The largest absolute Gasteiger partial charge is 0.455 e. The first kappa shape index (κ1) is 39.8. The SMILES string of the molecule is C=C/C=C\C(c1cccc(-c2ccc(-c3ccccc3)cc2)c1)c1ccc(-c2ccc3c4ccccc4n(-c4ccccc4)c3c2)cc1-c1ccc(-c2cccc3c2oc2ccccc23)cc1. The van der Waals surface area contributed by atoms with Crippen molar-refractivity contribution in [2.24, 2.45) is 0 Å². The molecule has 12 rings (SSSR count). The Morgan fingerprint density at radius 2 is 0.940 bits per heavy atom. The van der Waals surface area contributed by atoms with E-state index < -0.39 is 0 Å². The molecule has 2 heteroatoms. The second kappa shape index (κ2) is 17.0. The van der Waals surface area contributed by atoms with Gasteiger partial charge in [-0.2, -0.15) is 0 Å². The second-order valence-corrected chi connectivity index (χ2v) is 17.2. The van der Waals surface area contributed by atoms with E-state index in [9.17, 15) is 0 Å². The summed E-state index contributed by atoms with van der Waals surface area (Å²) in [7, 11) is 0. The van der Waals surface area contributed by atoms with Crippen molar-refractivity contribution in [3.8, 4) is 61.3 Å². The van der Waals surface area contributed by atoms with Crippen LogP contribution in [0.2, 0.25) is 0 Å². The van der Waals surface area contributed by atoms with E-state index in [0.29, 0.717) is 0 Å². The van der Waals surface area contributed by atoms with Crippen molar-refractivity contribution >= 4 is 43.7 Å². The van der Waals surface area contributed by atoms with Gasteiger partial charge in [0.1, 0.15) is 11.2 Å². The first-order valence-electron chi connectivity index (χ1n) is 23.0. The minimum absolute atomic E-state index is 0.0577. The summed E-state index contributed by atoms with van der Waals surface area (Å²) in [6, 6.07) is 85.6. The molecule has 1 atom stereocenters. The van der Waals surface area contributed by atoms with E-state index in [1.807, 2.05) is 18.2 Å². The fourth-order valence-corrected chi connectivity index (χ4v) is 10.0. The number of para-hydroxylation sites is 4. The van der Waals surface area contributed by atoms with Crippen molar-refractivity contribution in [3.63, 3.8) is 0 Å². The Balaban J connectivity index is 1.00. The van der Waals surface area contributed by atoms with Crippen LogP contribution in [0.3, 0.4) is 0 Å². The molecule has 0 aliphatic heterocycles. The average Bonchev–Trinajstić information content (AvgIpc) is 3.95. The average molecular weight is 856 g/mol. The van der Waals surface area contributed by atoms with E-state index in [0.717, 1.165) is 55.4 Å². The molecule has 0 aliphatic carbocycles. The van der Waals surface area contributed by atoms with Gasteiger partial charge in [-0.25, -0.2) is 0 Å². The predicted octanol–water partition coefficient (Wildman–Crippen LogP) is 17.9. The van der Waals surface area contributed by atoms with Gasteiger partial charge in [-0.15, -0.1) is 0 Å². The van der Waals surface area contributed by atoms with Crippen molar-refractivity contribution in [1.29, 1.82) is 0 Å². The summed E-state index contributed by atoms with van der Waals surface area (Å²) in [5.41, 5.74) is 19.3. The Bertz CT molecular complexity index is 3800. The highest BCUT2D eigenvalue weighted by Crippen LogP contribution is 2.42. The molecule has 1 unspecified atom stereocenters. The first-order chi connectivity index (χ1) is 33.2. The molecule has 0 bridgehead atoms. The third-order valence-corrected chi connectivity index (χ3v) is 13.3. The van der Waals surface area contributed by atoms with Crippen LogP contribution in [0.1, 0.15) is 17.0 Å². The van der Waals surface area contributed by atoms with Crippen molar-refractivity contribution in [2.75, 3.05) is 0 Å². The molecule has 12 aromatic rings. The summed E-state index contributed by atoms with van der Waals surface area (Å²) in [6.45, 7) is 4.10. The highest BCUT2D eigenvalue weighted by Gasteiger charge is 2.20. The molecule has 0 fully saturated rings. The van der Waals surface area contributed by atoms with Gasteiger partial charge < -0.3 is 8.98 Å². The smallest absolute Gasteiger partial charge is 0.143 e. The molecule has 0 amide bonds. The third kappa shape index (κ3) is 7.26.